The van der Waals surface area contributed by atoms with Gasteiger partial charge in [-0.3, -0.25) is 4.90 Å². The first-order valence-electron chi connectivity index (χ1n) is 7.94. The number of anilines is 1. The van der Waals surface area contributed by atoms with E-state index in [0.717, 1.165) is 22.3 Å². The molecule has 5 nitrogen and oxygen atoms in total. The molecule has 1 aromatic carbocycles. The molecular weight excluding hydrogens is 292 g/mol. The summed E-state index contributed by atoms with van der Waals surface area (Å²) in [5.74, 6) is 0. The van der Waals surface area contributed by atoms with E-state index in [2.05, 4.69) is 23.6 Å². The molecule has 1 unspecified atom stereocenters. The van der Waals surface area contributed by atoms with Crippen molar-refractivity contribution in [1.29, 1.82) is 0 Å². The van der Waals surface area contributed by atoms with Crippen molar-refractivity contribution in [1.82, 2.24) is 4.57 Å². The summed E-state index contributed by atoms with van der Waals surface area (Å²) < 4.78 is 13.2. The number of nitrogens with zero attached hydrogens (tertiary/aromatic N) is 2. The topological polar surface area (TPSA) is 43.7 Å². The van der Waals surface area contributed by atoms with Crippen LogP contribution in [0.4, 0.5) is 10.5 Å². The zero-order valence-electron chi connectivity index (χ0n) is 14.4. The van der Waals surface area contributed by atoms with Gasteiger partial charge in [0, 0.05) is 30.8 Å². The molecule has 5 heteroatoms. The number of carbonyl (C=O) groups excluding carboxylic acids is 1. The fourth-order valence-electron chi connectivity index (χ4n) is 3.23. The average molecular weight is 316 g/mol. The summed E-state index contributed by atoms with van der Waals surface area (Å²) in [6.07, 6.45) is -0.294. The standard InChI is InChI=1S/C18H24N2O3/c1-12-10-19(17(21)23-18(2,3)4)15-8-6-7-13-9-14(11-22-5)20(12)16(13)15/h6-9,12H,10-11H2,1-5H3. The minimum atomic E-state index is -0.505. The van der Waals surface area contributed by atoms with Crippen LogP contribution in [0, 0.1) is 0 Å². The molecule has 1 aromatic heterocycles. The number of para-hydroxylation sites is 1. The second kappa shape index (κ2) is 5.57. The lowest BCUT2D eigenvalue weighted by Gasteiger charge is -2.35. The summed E-state index contributed by atoms with van der Waals surface area (Å²) in [6, 6.07) is 8.33. The van der Waals surface area contributed by atoms with E-state index in [1.165, 1.54) is 0 Å². The molecule has 1 atom stereocenters. The van der Waals surface area contributed by atoms with E-state index < -0.39 is 5.60 Å². The lowest BCUT2D eigenvalue weighted by molar-refractivity contribution is 0.0574. The van der Waals surface area contributed by atoms with E-state index in [4.69, 9.17) is 9.47 Å². The third-order valence-electron chi connectivity index (χ3n) is 4.00. The molecule has 1 aliphatic heterocycles. The van der Waals surface area contributed by atoms with Crippen LogP contribution in [0.15, 0.2) is 24.3 Å². The Morgan fingerprint density at radius 1 is 1.35 bits per heavy atom. The van der Waals surface area contributed by atoms with Gasteiger partial charge in [-0.2, -0.15) is 0 Å². The van der Waals surface area contributed by atoms with Gasteiger partial charge < -0.3 is 14.0 Å². The molecule has 1 aliphatic rings. The fourth-order valence-corrected chi connectivity index (χ4v) is 3.23. The van der Waals surface area contributed by atoms with Crippen LogP contribution < -0.4 is 4.90 Å². The molecule has 0 saturated carbocycles. The van der Waals surface area contributed by atoms with Crippen LogP contribution in [0.5, 0.6) is 0 Å². The number of amides is 1. The largest absolute Gasteiger partial charge is 0.443 e. The quantitative estimate of drug-likeness (QED) is 0.837. The number of aromatic nitrogens is 1. The normalized spacial score (nSPS) is 17.6. The van der Waals surface area contributed by atoms with Crippen molar-refractivity contribution in [3.05, 3.63) is 30.0 Å². The van der Waals surface area contributed by atoms with Crippen molar-refractivity contribution in [2.45, 2.75) is 45.9 Å². The van der Waals surface area contributed by atoms with Crippen LogP contribution >= 0.6 is 0 Å². The summed E-state index contributed by atoms with van der Waals surface area (Å²) in [6.45, 7) is 8.93. The molecule has 0 aliphatic carbocycles. The summed E-state index contributed by atoms with van der Waals surface area (Å²) in [5, 5.41) is 1.12. The van der Waals surface area contributed by atoms with Crippen molar-refractivity contribution in [2.24, 2.45) is 0 Å². The van der Waals surface area contributed by atoms with Crippen LogP contribution in [0.25, 0.3) is 10.9 Å². The lowest BCUT2D eigenvalue weighted by atomic mass is 10.1. The first-order valence-corrected chi connectivity index (χ1v) is 7.94. The molecule has 0 fully saturated rings. The molecular formula is C18H24N2O3. The monoisotopic (exact) mass is 316 g/mol. The van der Waals surface area contributed by atoms with Gasteiger partial charge in [0.1, 0.15) is 5.60 Å². The highest BCUT2D eigenvalue weighted by molar-refractivity contribution is 6.01. The molecule has 124 valence electrons. The Labute approximate surface area is 136 Å². The van der Waals surface area contributed by atoms with Gasteiger partial charge in [0.05, 0.1) is 17.8 Å². The van der Waals surface area contributed by atoms with Crippen molar-refractivity contribution < 1.29 is 14.3 Å². The first-order chi connectivity index (χ1) is 10.8. The van der Waals surface area contributed by atoms with Crippen molar-refractivity contribution >= 4 is 22.7 Å². The third kappa shape index (κ3) is 2.81. The maximum atomic E-state index is 12.6. The minimum Gasteiger partial charge on any atom is -0.443 e. The smallest absolute Gasteiger partial charge is 0.414 e. The molecule has 23 heavy (non-hydrogen) atoms. The van der Waals surface area contributed by atoms with Crippen molar-refractivity contribution in [2.75, 3.05) is 18.6 Å². The van der Waals surface area contributed by atoms with Gasteiger partial charge in [-0.25, -0.2) is 4.79 Å². The van der Waals surface area contributed by atoms with Crippen LogP contribution in [0.1, 0.15) is 39.4 Å². The molecule has 2 aromatic rings. The van der Waals surface area contributed by atoms with E-state index in [1.807, 2.05) is 32.9 Å². The van der Waals surface area contributed by atoms with Gasteiger partial charge in [0.15, 0.2) is 0 Å². The van der Waals surface area contributed by atoms with Crippen molar-refractivity contribution in [3.8, 4) is 0 Å². The molecule has 2 heterocycles. The van der Waals surface area contributed by atoms with Crippen LogP contribution in [0.3, 0.4) is 0 Å². The van der Waals surface area contributed by atoms with Crippen molar-refractivity contribution in [3.63, 3.8) is 0 Å². The molecule has 0 radical (unpaired) electrons. The average Bonchev–Trinajstić information content (AvgIpc) is 2.81. The molecule has 0 bridgehead atoms. The second-order valence-corrected chi connectivity index (χ2v) is 7.09. The van der Waals surface area contributed by atoms with E-state index in [9.17, 15) is 4.79 Å². The second-order valence-electron chi connectivity index (χ2n) is 7.09. The van der Waals surface area contributed by atoms with E-state index in [1.54, 1.807) is 12.0 Å². The Balaban J connectivity index is 2.10. The summed E-state index contributed by atoms with van der Waals surface area (Å²) in [7, 11) is 1.70. The first kappa shape index (κ1) is 15.9. The SMILES string of the molecule is COCc1cc2cccc3c2n1C(C)CN3C(=O)OC(C)(C)C. The Bertz CT molecular complexity index is 743. The predicted octanol–water partition coefficient (Wildman–Crippen LogP) is 4.10. The molecule has 0 spiro atoms. The van der Waals surface area contributed by atoms with Crippen LogP contribution in [-0.2, 0) is 16.1 Å². The highest BCUT2D eigenvalue weighted by Gasteiger charge is 2.32. The number of carbonyl (C=O) groups is 1. The molecule has 1 amide bonds. The number of hydrogen-bond donors (Lipinski definition) is 0. The third-order valence-corrected chi connectivity index (χ3v) is 4.00. The number of methoxy groups -OCH3 is 1. The van der Waals surface area contributed by atoms with Gasteiger partial charge in [-0.1, -0.05) is 12.1 Å². The maximum Gasteiger partial charge on any atom is 0.414 e. The maximum absolute atomic E-state index is 12.6. The van der Waals surface area contributed by atoms with E-state index >= 15 is 0 Å². The summed E-state index contributed by atoms with van der Waals surface area (Å²) >= 11 is 0. The predicted molar refractivity (Wildman–Crippen MR) is 90.9 cm³/mol. The molecule has 3 rings (SSSR count). The zero-order valence-corrected chi connectivity index (χ0v) is 14.4. The minimum absolute atomic E-state index is 0.167. The lowest BCUT2D eigenvalue weighted by Crippen LogP contribution is -2.42. The Morgan fingerprint density at radius 2 is 2.09 bits per heavy atom. The highest BCUT2D eigenvalue weighted by atomic mass is 16.6. The van der Waals surface area contributed by atoms with Gasteiger partial charge >= 0.3 is 6.09 Å². The number of ether oxygens (including phenoxy) is 2. The molecule has 0 saturated heterocycles. The Hall–Kier alpha value is -2.01. The Kier molecular flexibility index (Phi) is 3.84. The summed E-state index contributed by atoms with van der Waals surface area (Å²) in [5.41, 5.74) is 2.60. The van der Waals surface area contributed by atoms with E-state index in [0.29, 0.717) is 13.2 Å². The summed E-state index contributed by atoms with van der Waals surface area (Å²) in [4.78, 5) is 14.4. The molecule has 0 N–H and O–H groups in total. The highest BCUT2D eigenvalue weighted by Crippen LogP contribution is 2.38. The number of hydrogen-bond acceptors (Lipinski definition) is 3. The number of rotatable bonds is 2. The zero-order chi connectivity index (χ0) is 16.8. The van der Waals surface area contributed by atoms with Gasteiger partial charge in [-0.05, 0) is 39.8 Å². The van der Waals surface area contributed by atoms with Gasteiger partial charge in [0.2, 0.25) is 0 Å². The Morgan fingerprint density at radius 3 is 2.74 bits per heavy atom. The van der Waals surface area contributed by atoms with Gasteiger partial charge in [-0.15, -0.1) is 0 Å². The van der Waals surface area contributed by atoms with Crippen LogP contribution in [-0.4, -0.2) is 29.9 Å². The van der Waals surface area contributed by atoms with Gasteiger partial charge in [0.25, 0.3) is 0 Å². The van der Waals surface area contributed by atoms with Crippen LogP contribution in [0.2, 0.25) is 0 Å². The fraction of sp³-hybridized carbons (Fsp3) is 0.500. The van der Waals surface area contributed by atoms with E-state index in [-0.39, 0.29) is 12.1 Å². The number of benzene rings is 1.